The van der Waals surface area contributed by atoms with Crippen molar-refractivity contribution in [1.82, 2.24) is 4.90 Å². The van der Waals surface area contributed by atoms with E-state index in [1.807, 2.05) is 45.0 Å². The summed E-state index contributed by atoms with van der Waals surface area (Å²) in [6.07, 6.45) is 3.92. The maximum atomic E-state index is 12.9. The number of methoxy groups -OCH3 is 1. The molecule has 3 amide bonds. The number of carbonyl (C=O) groups excluding carboxylic acids is 3. The van der Waals surface area contributed by atoms with Crippen LogP contribution in [0.3, 0.4) is 0 Å². The number of thioether (sulfide) groups is 1. The largest absolute Gasteiger partial charge is 0.493 e. The molecule has 34 heavy (non-hydrogen) atoms. The van der Waals surface area contributed by atoms with Crippen LogP contribution in [0.2, 0.25) is 0 Å². The molecule has 2 aromatic carbocycles. The minimum Gasteiger partial charge on any atom is -0.493 e. The number of amides is 3. The first-order chi connectivity index (χ1) is 16.3. The molecule has 2 aromatic rings. The first-order valence-corrected chi connectivity index (χ1v) is 11.7. The number of aryl methyl sites for hydroxylation is 2. The number of nitrogens with zero attached hydrogens (tertiary/aromatic N) is 1. The highest BCUT2D eigenvalue weighted by atomic mass is 32.2. The molecule has 1 N–H and O–H groups in total. The third-order valence-corrected chi connectivity index (χ3v) is 6.07. The summed E-state index contributed by atoms with van der Waals surface area (Å²) in [5.74, 6) is 0.205. The van der Waals surface area contributed by atoms with E-state index in [4.69, 9.17) is 9.47 Å². The van der Waals surface area contributed by atoms with Crippen molar-refractivity contribution in [1.29, 1.82) is 0 Å². The normalized spacial score (nSPS) is 14.5. The third kappa shape index (κ3) is 5.69. The van der Waals surface area contributed by atoms with Gasteiger partial charge in [-0.25, -0.2) is 0 Å². The van der Waals surface area contributed by atoms with Crippen LogP contribution in [0.5, 0.6) is 11.5 Å². The molecule has 0 unspecified atom stereocenters. The number of anilines is 1. The molecule has 7 nitrogen and oxygen atoms in total. The molecule has 0 bridgehead atoms. The van der Waals surface area contributed by atoms with Crippen LogP contribution >= 0.6 is 11.8 Å². The Morgan fingerprint density at radius 1 is 1.21 bits per heavy atom. The zero-order valence-electron chi connectivity index (χ0n) is 19.8. The summed E-state index contributed by atoms with van der Waals surface area (Å²) in [6.45, 7) is 9.54. The van der Waals surface area contributed by atoms with E-state index in [1.54, 1.807) is 25.3 Å². The van der Waals surface area contributed by atoms with Gasteiger partial charge in [-0.3, -0.25) is 19.3 Å². The molecule has 3 rings (SSSR count). The Labute approximate surface area is 203 Å². The molecule has 178 valence electrons. The lowest BCUT2D eigenvalue weighted by Gasteiger charge is -2.15. The molecule has 8 heteroatoms. The Morgan fingerprint density at radius 2 is 1.97 bits per heavy atom. The Bertz CT molecular complexity index is 1170. The lowest BCUT2D eigenvalue weighted by molar-refractivity contribution is -0.127. The molecule has 1 aliphatic rings. The van der Waals surface area contributed by atoms with Crippen LogP contribution in [0.1, 0.15) is 29.2 Å². The molecule has 1 fully saturated rings. The second kappa shape index (κ2) is 11.1. The van der Waals surface area contributed by atoms with E-state index in [9.17, 15) is 14.4 Å². The van der Waals surface area contributed by atoms with Crippen molar-refractivity contribution < 1.29 is 23.9 Å². The number of ether oxygens (including phenoxy) is 2. The van der Waals surface area contributed by atoms with E-state index in [0.717, 1.165) is 33.4 Å². The summed E-state index contributed by atoms with van der Waals surface area (Å²) in [7, 11) is 1.57. The Kier molecular flexibility index (Phi) is 8.17. The van der Waals surface area contributed by atoms with E-state index in [1.165, 1.54) is 0 Å². The van der Waals surface area contributed by atoms with Crippen LogP contribution in [0, 0.1) is 13.8 Å². The summed E-state index contributed by atoms with van der Waals surface area (Å²) in [5, 5.41) is 2.30. The first-order valence-electron chi connectivity index (χ1n) is 10.8. The van der Waals surface area contributed by atoms with Gasteiger partial charge in [-0.15, -0.1) is 6.58 Å². The molecule has 0 aromatic heterocycles. The van der Waals surface area contributed by atoms with Crippen LogP contribution < -0.4 is 14.8 Å². The summed E-state index contributed by atoms with van der Waals surface area (Å²) >= 11 is 0.805. The number of hydrogen-bond acceptors (Lipinski definition) is 6. The molecule has 1 saturated heterocycles. The SMILES string of the molecule is C=CCc1cc(/C=C2/SC(=O)N(CC(=O)Nc3cc(C)ccc3C)C2=O)cc(OCC)c1OC. The predicted octanol–water partition coefficient (Wildman–Crippen LogP) is 5.11. The Balaban J connectivity index is 1.82. The number of hydrogen-bond donors (Lipinski definition) is 1. The highest BCUT2D eigenvalue weighted by Gasteiger charge is 2.36. The average molecular weight is 481 g/mol. The number of nitrogens with one attached hydrogen (secondary N) is 1. The number of carbonyl (C=O) groups is 3. The predicted molar refractivity (Wildman–Crippen MR) is 135 cm³/mol. The maximum absolute atomic E-state index is 12.9. The smallest absolute Gasteiger partial charge is 0.294 e. The van der Waals surface area contributed by atoms with Gasteiger partial charge >= 0.3 is 0 Å². The van der Waals surface area contributed by atoms with Gasteiger partial charge in [0.2, 0.25) is 5.91 Å². The van der Waals surface area contributed by atoms with Crippen molar-refractivity contribution in [2.75, 3.05) is 25.6 Å². The second-order valence-corrected chi connectivity index (χ2v) is 8.76. The zero-order chi connectivity index (χ0) is 24.8. The van der Waals surface area contributed by atoms with Gasteiger partial charge in [0, 0.05) is 11.3 Å². The quantitative estimate of drug-likeness (QED) is 0.396. The van der Waals surface area contributed by atoms with E-state index >= 15 is 0 Å². The van der Waals surface area contributed by atoms with Crippen LogP contribution in [-0.2, 0) is 16.0 Å². The number of rotatable bonds is 9. The molecule has 0 radical (unpaired) electrons. The van der Waals surface area contributed by atoms with E-state index in [0.29, 0.717) is 35.8 Å². The molecular formula is C26H28N2O5S. The van der Waals surface area contributed by atoms with Gasteiger partial charge in [0.1, 0.15) is 6.54 Å². The van der Waals surface area contributed by atoms with Gasteiger partial charge in [-0.05, 0) is 79.9 Å². The fourth-order valence-corrected chi connectivity index (χ4v) is 4.40. The first kappa shape index (κ1) is 25.1. The lowest BCUT2D eigenvalue weighted by Crippen LogP contribution is -2.36. The Hall–Kier alpha value is -3.52. The highest BCUT2D eigenvalue weighted by molar-refractivity contribution is 8.18. The summed E-state index contributed by atoms with van der Waals surface area (Å²) in [4.78, 5) is 39.2. The van der Waals surface area contributed by atoms with Crippen LogP contribution in [0.25, 0.3) is 6.08 Å². The standard InChI is InChI=1S/C26H28N2O5S/c1-6-8-19-12-18(13-21(33-7-2)24(19)32-5)14-22-25(30)28(26(31)34-22)15-23(29)27-20-11-16(3)9-10-17(20)4/h6,9-14H,1,7-8,15H2,2-5H3,(H,27,29)/b22-14+. The number of imide groups is 1. The zero-order valence-corrected chi connectivity index (χ0v) is 20.6. The molecule has 1 heterocycles. The van der Waals surface area contributed by atoms with Gasteiger partial charge in [0.15, 0.2) is 11.5 Å². The minimum absolute atomic E-state index is 0.238. The number of allylic oxidation sites excluding steroid dienone is 1. The monoisotopic (exact) mass is 480 g/mol. The van der Waals surface area contributed by atoms with Crippen LogP contribution in [0.4, 0.5) is 10.5 Å². The summed E-state index contributed by atoms with van der Waals surface area (Å²) < 4.78 is 11.2. The van der Waals surface area contributed by atoms with Crippen molar-refractivity contribution >= 4 is 40.6 Å². The van der Waals surface area contributed by atoms with E-state index in [2.05, 4.69) is 11.9 Å². The van der Waals surface area contributed by atoms with E-state index < -0.39 is 17.1 Å². The average Bonchev–Trinajstić information content (AvgIpc) is 3.04. The summed E-state index contributed by atoms with van der Waals surface area (Å²) in [6, 6.07) is 9.32. The van der Waals surface area contributed by atoms with Crippen LogP contribution in [0.15, 0.2) is 47.9 Å². The van der Waals surface area contributed by atoms with Crippen molar-refractivity contribution in [2.24, 2.45) is 0 Å². The topological polar surface area (TPSA) is 84.9 Å². The molecule has 0 aliphatic carbocycles. The van der Waals surface area contributed by atoms with Gasteiger partial charge < -0.3 is 14.8 Å². The minimum atomic E-state index is -0.509. The number of benzene rings is 2. The molecular weight excluding hydrogens is 452 g/mol. The molecule has 0 saturated carbocycles. The third-order valence-electron chi connectivity index (χ3n) is 5.16. The van der Waals surface area contributed by atoms with Crippen molar-refractivity contribution in [3.8, 4) is 11.5 Å². The van der Waals surface area contributed by atoms with Gasteiger partial charge in [0.25, 0.3) is 11.1 Å². The van der Waals surface area contributed by atoms with Gasteiger partial charge in [0.05, 0.1) is 18.6 Å². The Morgan fingerprint density at radius 3 is 2.65 bits per heavy atom. The summed E-state index contributed by atoms with van der Waals surface area (Å²) in [5.41, 5.74) is 4.09. The fraction of sp³-hybridized carbons (Fsp3) is 0.269. The highest BCUT2D eigenvalue weighted by Crippen LogP contribution is 2.37. The molecule has 0 atom stereocenters. The van der Waals surface area contributed by atoms with Gasteiger partial charge in [-0.1, -0.05) is 18.2 Å². The lowest BCUT2D eigenvalue weighted by atomic mass is 10.0. The second-order valence-electron chi connectivity index (χ2n) is 7.77. The van der Waals surface area contributed by atoms with Crippen molar-refractivity contribution in [3.63, 3.8) is 0 Å². The van der Waals surface area contributed by atoms with Crippen LogP contribution in [-0.4, -0.2) is 42.2 Å². The molecule has 0 spiro atoms. The maximum Gasteiger partial charge on any atom is 0.294 e. The van der Waals surface area contributed by atoms with Gasteiger partial charge in [-0.2, -0.15) is 0 Å². The molecule has 1 aliphatic heterocycles. The van der Waals surface area contributed by atoms with Crippen molar-refractivity contribution in [2.45, 2.75) is 27.2 Å². The fourth-order valence-electron chi connectivity index (χ4n) is 3.56. The van der Waals surface area contributed by atoms with E-state index in [-0.39, 0.29) is 11.4 Å². The van der Waals surface area contributed by atoms with Crippen molar-refractivity contribution in [3.05, 3.63) is 70.1 Å².